The molecular weight excluding hydrogens is 388 g/mol. The molecule has 0 unspecified atom stereocenters. The van der Waals surface area contributed by atoms with Gasteiger partial charge in [0.25, 0.3) is 0 Å². The number of hydrogen-bond donors (Lipinski definition) is 0. The second-order valence-corrected chi connectivity index (χ2v) is 8.61. The molecule has 1 heterocycles. The zero-order chi connectivity index (χ0) is 19.8. The van der Waals surface area contributed by atoms with Crippen LogP contribution in [0, 0.1) is 0 Å². The van der Waals surface area contributed by atoms with Gasteiger partial charge in [-0.25, -0.2) is 22.5 Å². The zero-order valence-corrected chi connectivity index (χ0v) is 16.5. The molecule has 2 aromatic rings. The Morgan fingerprint density at radius 3 is 2.41 bits per heavy atom. The Balaban J connectivity index is 2.09. The van der Waals surface area contributed by atoms with Gasteiger partial charge in [0, 0.05) is 19.7 Å². The molecule has 1 aliphatic rings. The summed E-state index contributed by atoms with van der Waals surface area (Å²) >= 11 is 6.08. The van der Waals surface area contributed by atoms with Gasteiger partial charge in [-0.1, -0.05) is 35.9 Å². The average molecular weight is 405 g/mol. The van der Waals surface area contributed by atoms with Gasteiger partial charge in [0.2, 0.25) is 15.9 Å². The topological polar surface area (TPSA) is 76.0 Å². The average Bonchev–Trinajstić information content (AvgIpc) is 3.03. The molecule has 1 aliphatic heterocycles. The molecule has 0 saturated carbocycles. The van der Waals surface area contributed by atoms with Crippen LogP contribution in [-0.2, 0) is 19.6 Å². The quantitative estimate of drug-likeness (QED) is 0.578. The van der Waals surface area contributed by atoms with Gasteiger partial charge in [-0.2, -0.15) is 0 Å². The predicted octanol–water partition coefficient (Wildman–Crippen LogP) is 3.32. The van der Waals surface area contributed by atoms with Gasteiger partial charge in [-0.05, 0) is 42.3 Å². The maximum Gasteiger partial charge on any atom is 0.364 e. The van der Waals surface area contributed by atoms with Crippen molar-refractivity contribution in [3.05, 3.63) is 70.4 Å². The van der Waals surface area contributed by atoms with Gasteiger partial charge >= 0.3 is 5.97 Å². The van der Waals surface area contributed by atoms with Crippen molar-refractivity contribution in [1.82, 2.24) is 4.31 Å². The van der Waals surface area contributed by atoms with Gasteiger partial charge in [-0.15, -0.1) is 0 Å². The number of esters is 1. The first-order valence-electron chi connectivity index (χ1n) is 8.01. The largest absolute Gasteiger partial charge is 0.402 e. The molecule has 27 heavy (non-hydrogen) atoms. The van der Waals surface area contributed by atoms with E-state index in [-0.39, 0.29) is 21.5 Å². The second kappa shape index (κ2) is 7.26. The summed E-state index contributed by atoms with van der Waals surface area (Å²) in [7, 11) is -0.878. The number of ether oxygens (including phenoxy) is 1. The van der Waals surface area contributed by atoms with Crippen LogP contribution in [0.5, 0.6) is 0 Å². The fourth-order valence-corrected chi connectivity index (χ4v) is 3.91. The third kappa shape index (κ3) is 3.66. The minimum atomic E-state index is -3.73. The van der Waals surface area contributed by atoms with Crippen LogP contribution < -0.4 is 0 Å². The molecule has 0 spiro atoms. The number of cyclic esters (lactones) is 1. The zero-order valence-electron chi connectivity index (χ0n) is 14.9. The molecule has 2 aromatic carbocycles. The van der Waals surface area contributed by atoms with Crippen molar-refractivity contribution in [2.45, 2.75) is 11.8 Å². The molecule has 0 aliphatic carbocycles. The molecule has 0 atom stereocenters. The van der Waals surface area contributed by atoms with Crippen LogP contribution in [0.15, 0.2) is 64.1 Å². The standard InChI is InChI=1S/C19H17ClN2O4S/c1-12(14-9-10-15(20)16(11-14)27(24,25)22(2)3)17-19(23)26-18(21-17)13-7-5-4-6-8-13/h4-11H,1-3H3. The molecule has 0 saturated heterocycles. The van der Waals surface area contributed by atoms with Crippen LogP contribution in [0.25, 0.3) is 5.57 Å². The Hall–Kier alpha value is -2.48. The van der Waals surface area contributed by atoms with Crippen LogP contribution in [0.4, 0.5) is 0 Å². The normalized spacial score (nSPS) is 16.3. The van der Waals surface area contributed by atoms with E-state index in [0.717, 1.165) is 4.31 Å². The van der Waals surface area contributed by atoms with Crippen molar-refractivity contribution in [2.75, 3.05) is 14.1 Å². The van der Waals surface area contributed by atoms with Crippen molar-refractivity contribution in [3.63, 3.8) is 0 Å². The lowest BCUT2D eigenvalue weighted by atomic mass is 10.1. The Bertz CT molecular complexity index is 1070. The van der Waals surface area contributed by atoms with Gasteiger partial charge < -0.3 is 4.74 Å². The number of aliphatic imine (C=N–C) groups is 1. The summed E-state index contributed by atoms with van der Waals surface area (Å²) in [6, 6.07) is 13.6. The Kier molecular flexibility index (Phi) is 5.19. The van der Waals surface area contributed by atoms with Crippen molar-refractivity contribution >= 4 is 39.1 Å². The highest BCUT2D eigenvalue weighted by Gasteiger charge is 2.27. The van der Waals surface area contributed by atoms with E-state index < -0.39 is 16.0 Å². The lowest BCUT2D eigenvalue weighted by molar-refractivity contribution is -0.129. The van der Waals surface area contributed by atoms with Crippen LogP contribution in [0.1, 0.15) is 18.1 Å². The van der Waals surface area contributed by atoms with E-state index >= 15 is 0 Å². The third-order valence-corrected chi connectivity index (χ3v) is 6.39. The van der Waals surface area contributed by atoms with E-state index in [1.807, 2.05) is 18.2 Å². The molecule has 6 nitrogen and oxygen atoms in total. The number of carbonyl (C=O) groups excluding carboxylic acids is 1. The fourth-order valence-electron chi connectivity index (χ4n) is 2.52. The Morgan fingerprint density at radius 1 is 1.11 bits per heavy atom. The molecule has 0 aromatic heterocycles. The number of rotatable bonds is 4. The predicted molar refractivity (Wildman–Crippen MR) is 104 cm³/mol. The highest BCUT2D eigenvalue weighted by atomic mass is 35.5. The number of benzene rings is 2. The monoisotopic (exact) mass is 404 g/mol. The summed E-state index contributed by atoms with van der Waals surface area (Å²) in [5.74, 6) is -0.372. The Labute approximate surface area is 162 Å². The van der Waals surface area contributed by atoms with Gasteiger partial charge in [0.05, 0.1) is 5.02 Å². The van der Waals surface area contributed by atoms with Crippen molar-refractivity contribution in [3.8, 4) is 0 Å². The first kappa shape index (κ1) is 19.3. The maximum absolute atomic E-state index is 12.5. The lowest BCUT2D eigenvalue weighted by Gasteiger charge is -2.14. The first-order chi connectivity index (χ1) is 12.7. The number of sulfonamides is 1. The number of halogens is 1. The summed E-state index contributed by atoms with van der Waals surface area (Å²) in [5.41, 5.74) is 1.83. The highest BCUT2D eigenvalue weighted by Crippen LogP contribution is 2.30. The van der Waals surface area contributed by atoms with E-state index in [0.29, 0.717) is 16.7 Å². The van der Waals surface area contributed by atoms with E-state index in [2.05, 4.69) is 4.99 Å². The third-order valence-electron chi connectivity index (χ3n) is 4.09. The second-order valence-electron chi connectivity index (χ2n) is 6.08. The molecule has 140 valence electrons. The first-order valence-corrected chi connectivity index (χ1v) is 9.83. The van der Waals surface area contributed by atoms with E-state index in [1.165, 1.54) is 26.2 Å². The van der Waals surface area contributed by atoms with E-state index in [4.69, 9.17) is 16.3 Å². The maximum atomic E-state index is 12.5. The Morgan fingerprint density at radius 2 is 1.78 bits per heavy atom. The van der Waals surface area contributed by atoms with Crippen LogP contribution >= 0.6 is 11.6 Å². The molecule has 0 radical (unpaired) electrons. The SMILES string of the molecule is CC(=C1N=C(c2ccccc2)OC1=O)c1ccc(Cl)c(S(=O)(=O)N(C)C)c1. The van der Waals surface area contributed by atoms with Crippen LogP contribution in [0.3, 0.4) is 0 Å². The molecule has 0 fully saturated rings. The van der Waals surface area contributed by atoms with Crippen molar-refractivity contribution in [1.29, 1.82) is 0 Å². The van der Waals surface area contributed by atoms with Gasteiger partial charge in [-0.3, -0.25) is 0 Å². The van der Waals surface area contributed by atoms with Gasteiger partial charge in [0.1, 0.15) is 4.90 Å². The summed E-state index contributed by atoms with van der Waals surface area (Å²) in [6.07, 6.45) is 0. The number of allylic oxidation sites excluding steroid dienone is 1. The smallest absolute Gasteiger partial charge is 0.364 e. The van der Waals surface area contributed by atoms with Crippen LogP contribution in [0.2, 0.25) is 5.02 Å². The molecule has 0 amide bonds. The molecule has 3 rings (SSSR count). The van der Waals surface area contributed by atoms with E-state index in [9.17, 15) is 13.2 Å². The number of hydrogen-bond acceptors (Lipinski definition) is 5. The number of carbonyl (C=O) groups is 1. The summed E-state index contributed by atoms with van der Waals surface area (Å²) in [6.45, 7) is 1.68. The minimum Gasteiger partial charge on any atom is -0.402 e. The fraction of sp³-hybridized carbons (Fsp3) is 0.158. The molecule has 8 heteroatoms. The summed E-state index contributed by atoms with van der Waals surface area (Å²) in [4.78, 5) is 16.5. The van der Waals surface area contributed by atoms with Crippen molar-refractivity contribution < 1.29 is 17.9 Å². The summed E-state index contributed by atoms with van der Waals surface area (Å²) < 4.78 is 31.3. The molecule has 0 bridgehead atoms. The highest BCUT2D eigenvalue weighted by molar-refractivity contribution is 7.89. The minimum absolute atomic E-state index is 0.0368. The van der Waals surface area contributed by atoms with E-state index in [1.54, 1.807) is 25.1 Å². The number of nitrogens with zero attached hydrogens (tertiary/aromatic N) is 2. The molecular formula is C19H17ClN2O4S. The van der Waals surface area contributed by atoms with Crippen molar-refractivity contribution in [2.24, 2.45) is 4.99 Å². The van der Waals surface area contributed by atoms with Crippen LogP contribution in [-0.4, -0.2) is 38.7 Å². The summed E-state index contributed by atoms with van der Waals surface area (Å²) in [5, 5.41) is 0.104. The molecule has 0 N–H and O–H groups in total. The van der Waals surface area contributed by atoms with Gasteiger partial charge in [0.15, 0.2) is 5.70 Å². The lowest BCUT2D eigenvalue weighted by Crippen LogP contribution is -2.22.